The molecule has 0 unspecified atom stereocenters. The van der Waals surface area contributed by atoms with Crippen molar-refractivity contribution in [1.29, 1.82) is 0 Å². The molecule has 0 radical (unpaired) electrons. The monoisotopic (exact) mass is 303 g/mol. The van der Waals surface area contributed by atoms with Gasteiger partial charge in [-0.25, -0.2) is 4.39 Å². The maximum absolute atomic E-state index is 13.5. The van der Waals surface area contributed by atoms with E-state index in [4.69, 9.17) is 12.2 Å². The molecule has 0 amide bonds. The SMILES string of the molecule is Cc1ccc(NC(=S)N(C)CCc2ccccn2)cc1F. The van der Waals surface area contributed by atoms with Crippen LogP contribution in [0.1, 0.15) is 11.3 Å². The van der Waals surface area contributed by atoms with Crippen LogP contribution in [0.3, 0.4) is 0 Å². The fourth-order valence-electron chi connectivity index (χ4n) is 1.82. The zero-order valence-corrected chi connectivity index (χ0v) is 13.0. The van der Waals surface area contributed by atoms with Gasteiger partial charge in [0.1, 0.15) is 5.82 Å². The van der Waals surface area contributed by atoms with Crippen LogP contribution in [0.2, 0.25) is 0 Å². The molecule has 0 aliphatic heterocycles. The Hall–Kier alpha value is -2.01. The van der Waals surface area contributed by atoms with Gasteiger partial charge in [-0.3, -0.25) is 4.98 Å². The van der Waals surface area contributed by atoms with Crippen molar-refractivity contribution in [2.45, 2.75) is 13.3 Å². The average molecular weight is 303 g/mol. The Morgan fingerprint density at radius 1 is 1.33 bits per heavy atom. The molecule has 110 valence electrons. The summed E-state index contributed by atoms with van der Waals surface area (Å²) in [4.78, 5) is 6.19. The molecule has 3 nitrogen and oxygen atoms in total. The Kier molecular flexibility index (Phi) is 5.22. The third kappa shape index (κ3) is 4.49. The smallest absolute Gasteiger partial charge is 0.173 e. The molecule has 0 saturated heterocycles. The van der Waals surface area contributed by atoms with Gasteiger partial charge in [0.05, 0.1) is 0 Å². The van der Waals surface area contributed by atoms with Gasteiger partial charge in [0.2, 0.25) is 0 Å². The van der Waals surface area contributed by atoms with Gasteiger partial charge in [-0.2, -0.15) is 0 Å². The molecule has 1 aromatic carbocycles. The summed E-state index contributed by atoms with van der Waals surface area (Å²) in [6.45, 7) is 2.48. The number of nitrogens with one attached hydrogen (secondary N) is 1. The highest BCUT2D eigenvalue weighted by atomic mass is 32.1. The van der Waals surface area contributed by atoms with Crippen LogP contribution < -0.4 is 5.32 Å². The molecule has 0 saturated carbocycles. The number of pyridine rings is 1. The second kappa shape index (κ2) is 7.13. The molecule has 0 aliphatic rings. The van der Waals surface area contributed by atoms with E-state index in [0.717, 1.165) is 18.7 Å². The summed E-state index contributed by atoms with van der Waals surface area (Å²) in [6, 6.07) is 10.8. The van der Waals surface area contributed by atoms with Gasteiger partial charge >= 0.3 is 0 Å². The van der Waals surface area contributed by atoms with Crippen LogP contribution >= 0.6 is 12.2 Å². The summed E-state index contributed by atoms with van der Waals surface area (Å²) in [7, 11) is 1.91. The van der Waals surface area contributed by atoms with Crippen molar-refractivity contribution in [3.63, 3.8) is 0 Å². The van der Waals surface area contributed by atoms with E-state index in [1.165, 1.54) is 6.07 Å². The maximum Gasteiger partial charge on any atom is 0.173 e. The molecule has 0 aliphatic carbocycles. The van der Waals surface area contributed by atoms with Crippen LogP contribution in [-0.2, 0) is 6.42 Å². The quantitative estimate of drug-likeness (QED) is 0.876. The second-order valence-corrected chi connectivity index (χ2v) is 5.27. The Balaban J connectivity index is 1.89. The number of benzene rings is 1. The fourth-order valence-corrected chi connectivity index (χ4v) is 2.03. The predicted octanol–water partition coefficient (Wildman–Crippen LogP) is 3.40. The molecule has 0 spiro atoms. The first-order valence-electron chi connectivity index (χ1n) is 6.74. The number of thiocarbonyl (C=S) groups is 1. The van der Waals surface area contributed by atoms with Crippen LogP contribution in [0.25, 0.3) is 0 Å². The molecule has 21 heavy (non-hydrogen) atoms. The van der Waals surface area contributed by atoms with Crippen LogP contribution in [0, 0.1) is 12.7 Å². The third-order valence-electron chi connectivity index (χ3n) is 3.20. The lowest BCUT2D eigenvalue weighted by atomic mass is 10.2. The summed E-state index contributed by atoms with van der Waals surface area (Å²) < 4.78 is 13.5. The number of halogens is 1. The maximum atomic E-state index is 13.5. The largest absolute Gasteiger partial charge is 0.352 e. The highest BCUT2D eigenvalue weighted by Gasteiger charge is 2.06. The van der Waals surface area contributed by atoms with Gasteiger partial charge in [-0.1, -0.05) is 12.1 Å². The molecular formula is C16H18FN3S. The van der Waals surface area contributed by atoms with Crippen molar-refractivity contribution in [3.05, 3.63) is 59.7 Å². The van der Waals surface area contributed by atoms with Crippen molar-refractivity contribution in [2.75, 3.05) is 18.9 Å². The first-order valence-corrected chi connectivity index (χ1v) is 7.15. The van der Waals surface area contributed by atoms with Gasteiger partial charge in [-0.05, 0) is 49.0 Å². The summed E-state index contributed by atoms with van der Waals surface area (Å²) in [6.07, 6.45) is 2.59. The molecular weight excluding hydrogens is 285 g/mol. The number of likely N-dealkylation sites (N-methyl/N-ethyl adjacent to an activating group) is 1. The van der Waals surface area contributed by atoms with Gasteiger partial charge in [0.25, 0.3) is 0 Å². The molecule has 0 atom stereocenters. The minimum atomic E-state index is -0.237. The van der Waals surface area contributed by atoms with Crippen molar-refractivity contribution in [3.8, 4) is 0 Å². The standard InChI is InChI=1S/C16H18FN3S/c1-12-6-7-14(11-15(12)17)19-16(21)20(2)10-8-13-5-3-4-9-18-13/h3-7,9,11H,8,10H2,1-2H3,(H,19,21). The lowest BCUT2D eigenvalue weighted by Crippen LogP contribution is -2.32. The summed E-state index contributed by atoms with van der Waals surface area (Å²) in [5.41, 5.74) is 2.30. The minimum Gasteiger partial charge on any atom is -0.352 e. The Bertz CT molecular complexity index is 616. The second-order valence-electron chi connectivity index (χ2n) is 4.89. The minimum absolute atomic E-state index is 0.237. The van der Waals surface area contributed by atoms with E-state index in [9.17, 15) is 4.39 Å². The van der Waals surface area contributed by atoms with Gasteiger partial charge in [0.15, 0.2) is 5.11 Å². The van der Waals surface area contributed by atoms with E-state index in [1.807, 2.05) is 36.2 Å². The lowest BCUT2D eigenvalue weighted by molar-refractivity contribution is 0.512. The number of aryl methyl sites for hydroxylation is 1. The predicted molar refractivity (Wildman–Crippen MR) is 87.9 cm³/mol. The number of hydrogen-bond donors (Lipinski definition) is 1. The van der Waals surface area contributed by atoms with E-state index in [-0.39, 0.29) is 5.82 Å². The number of hydrogen-bond acceptors (Lipinski definition) is 2. The molecule has 2 aromatic rings. The van der Waals surface area contributed by atoms with Crippen LogP contribution in [0.5, 0.6) is 0 Å². The number of nitrogens with zero attached hydrogens (tertiary/aromatic N) is 2. The number of aromatic nitrogens is 1. The fraction of sp³-hybridized carbons (Fsp3) is 0.250. The van der Waals surface area contributed by atoms with Gasteiger partial charge in [0, 0.05) is 37.6 Å². The normalized spacial score (nSPS) is 10.2. The summed E-state index contributed by atoms with van der Waals surface area (Å²) in [5.74, 6) is -0.237. The van der Waals surface area contributed by atoms with Crippen LogP contribution in [0.4, 0.5) is 10.1 Å². The van der Waals surface area contributed by atoms with E-state index in [2.05, 4.69) is 10.3 Å². The Labute approximate surface area is 129 Å². The van der Waals surface area contributed by atoms with Gasteiger partial charge in [-0.15, -0.1) is 0 Å². The number of rotatable bonds is 4. The van der Waals surface area contributed by atoms with E-state index < -0.39 is 0 Å². The average Bonchev–Trinajstić information content (AvgIpc) is 2.49. The van der Waals surface area contributed by atoms with Crippen molar-refractivity contribution in [1.82, 2.24) is 9.88 Å². The van der Waals surface area contributed by atoms with Crippen LogP contribution in [0.15, 0.2) is 42.6 Å². The summed E-state index contributed by atoms with van der Waals surface area (Å²) in [5, 5.41) is 3.61. The first-order chi connectivity index (χ1) is 10.1. The molecule has 1 N–H and O–H groups in total. The van der Waals surface area contributed by atoms with Crippen molar-refractivity contribution in [2.24, 2.45) is 0 Å². The summed E-state index contributed by atoms with van der Waals surface area (Å²) >= 11 is 5.32. The lowest BCUT2D eigenvalue weighted by Gasteiger charge is -2.21. The molecule has 0 bridgehead atoms. The molecule has 1 heterocycles. The zero-order chi connectivity index (χ0) is 15.2. The topological polar surface area (TPSA) is 28.2 Å². The molecule has 0 fully saturated rings. The van der Waals surface area contributed by atoms with E-state index in [0.29, 0.717) is 16.4 Å². The molecule has 2 rings (SSSR count). The molecule has 5 heteroatoms. The van der Waals surface area contributed by atoms with E-state index >= 15 is 0 Å². The highest BCUT2D eigenvalue weighted by Crippen LogP contribution is 2.14. The van der Waals surface area contributed by atoms with E-state index in [1.54, 1.807) is 19.2 Å². The van der Waals surface area contributed by atoms with Gasteiger partial charge < -0.3 is 10.2 Å². The van der Waals surface area contributed by atoms with Crippen LogP contribution in [-0.4, -0.2) is 28.6 Å². The Morgan fingerprint density at radius 2 is 2.14 bits per heavy atom. The third-order valence-corrected chi connectivity index (χ3v) is 3.61. The Morgan fingerprint density at radius 3 is 2.81 bits per heavy atom. The zero-order valence-electron chi connectivity index (χ0n) is 12.1. The number of anilines is 1. The highest BCUT2D eigenvalue weighted by molar-refractivity contribution is 7.80. The first kappa shape index (κ1) is 15.4. The molecule has 1 aromatic heterocycles. The van der Waals surface area contributed by atoms with Crippen molar-refractivity contribution < 1.29 is 4.39 Å². The van der Waals surface area contributed by atoms with Crippen molar-refractivity contribution >= 4 is 23.0 Å².